The van der Waals surface area contributed by atoms with Gasteiger partial charge in [0.15, 0.2) is 0 Å². The van der Waals surface area contributed by atoms with Crippen molar-refractivity contribution in [2.24, 2.45) is 0 Å². The van der Waals surface area contributed by atoms with Crippen LogP contribution >= 0.6 is 0 Å². The van der Waals surface area contributed by atoms with E-state index in [1.807, 2.05) is 30.5 Å². The molecule has 2 heterocycles. The van der Waals surface area contributed by atoms with Crippen LogP contribution in [0.15, 0.2) is 48.7 Å². The lowest BCUT2D eigenvalue weighted by atomic mass is 9.97. The Bertz CT molecular complexity index is 553. The average Bonchev–Trinajstić information content (AvgIpc) is 2.55. The van der Waals surface area contributed by atoms with E-state index in [-0.39, 0.29) is 0 Å². The molecule has 1 aromatic heterocycles. The summed E-state index contributed by atoms with van der Waals surface area (Å²) in [6.45, 7) is 1.74. The van der Waals surface area contributed by atoms with Crippen LogP contribution in [0.4, 0.5) is 0 Å². The van der Waals surface area contributed by atoms with Gasteiger partial charge in [0.1, 0.15) is 6.61 Å². The molecule has 1 fully saturated rings. The lowest BCUT2D eigenvalue weighted by Gasteiger charge is -2.32. The molecule has 3 nitrogen and oxygen atoms in total. The number of pyridine rings is 1. The van der Waals surface area contributed by atoms with Crippen molar-refractivity contribution in [1.29, 1.82) is 0 Å². The Balaban J connectivity index is 1.61. The standard InChI is InChI=1S/C18H22N2O/c1-20-12-6-5-9-17(20)16-10-11-18(19-13-16)21-14-15-7-3-2-4-8-15/h2-4,7-8,10-11,13,17H,5-6,9,12,14H2,1H3/t17-/m0/s1. The van der Waals surface area contributed by atoms with Crippen molar-refractivity contribution in [2.75, 3.05) is 13.6 Å². The predicted molar refractivity (Wildman–Crippen MR) is 84.2 cm³/mol. The van der Waals surface area contributed by atoms with Crippen molar-refractivity contribution >= 4 is 0 Å². The summed E-state index contributed by atoms with van der Waals surface area (Å²) < 4.78 is 5.74. The van der Waals surface area contributed by atoms with Crippen molar-refractivity contribution < 1.29 is 4.74 Å². The maximum absolute atomic E-state index is 5.74. The highest BCUT2D eigenvalue weighted by atomic mass is 16.5. The van der Waals surface area contributed by atoms with E-state index in [2.05, 4.69) is 35.1 Å². The Morgan fingerprint density at radius 3 is 2.71 bits per heavy atom. The quantitative estimate of drug-likeness (QED) is 0.852. The molecule has 1 aliphatic heterocycles. The summed E-state index contributed by atoms with van der Waals surface area (Å²) in [5.74, 6) is 0.695. The molecule has 110 valence electrons. The van der Waals surface area contributed by atoms with E-state index in [0.717, 1.165) is 5.56 Å². The summed E-state index contributed by atoms with van der Waals surface area (Å²) >= 11 is 0. The lowest BCUT2D eigenvalue weighted by Crippen LogP contribution is -2.29. The van der Waals surface area contributed by atoms with Gasteiger partial charge in [0.2, 0.25) is 5.88 Å². The first-order chi connectivity index (χ1) is 10.3. The first-order valence-electron chi connectivity index (χ1n) is 7.66. The fraction of sp³-hybridized carbons (Fsp3) is 0.389. The normalized spacial score (nSPS) is 19.4. The summed E-state index contributed by atoms with van der Waals surface area (Å²) in [7, 11) is 2.20. The van der Waals surface area contributed by atoms with Gasteiger partial charge in [0, 0.05) is 18.3 Å². The fourth-order valence-corrected chi connectivity index (χ4v) is 2.90. The van der Waals surface area contributed by atoms with Gasteiger partial charge < -0.3 is 4.74 Å². The first kappa shape index (κ1) is 14.1. The number of aromatic nitrogens is 1. The van der Waals surface area contributed by atoms with Crippen molar-refractivity contribution in [2.45, 2.75) is 31.9 Å². The fourth-order valence-electron chi connectivity index (χ4n) is 2.90. The van der Waals surface area contributed by atoms with Crippen LogP contribution in [-0.4, -0.2) is 23.5 Å². The number of ether oxygens (including phenoxy) is 1. The van der Waals surface area contributed by atoms with E-state index < -0.39 is 0 Å². The number of hydrogen-bond acceptors (Lipinski definition) is 3. The van der Waals surface area contributed by atoms with Crippen LogP contribution in [0.5, 0.6) is 5.88 Å². The molecule has 2 aromatic rings. The molecule has 0 aliphatic carbocycles. The third-order valence-corrected chi connectivity index (χ3v) is 4.14. The summed E-state index contributed by atoms with van der Waals surface area (Å²) in [5, 5.41) is 0. The highest BCUT2D eigenvalue weighted by Crippen LogP contribution is 2.29. The van der Waals surface area contributed by atoms with Gasteiger partial charge in [-0.05, 0) is 37.6 Å². The maximum Gasteiger partial charge on any atom is 0.213 e. The zero-order valence-electron chi connectivity index (χ0n) is 12.5. The van der Waals surface area contributed by atoms with E-state index in [1.54, 1.807) is 0 Å². The van der Waals surface area contributed by atoms with E-state index in [4.69, 9.17) is 4.74 Å². The number of likely N-dealkylation sites (tertiary alicyclic amines) is 1. The number of hydrogen-bond donors (Lipinski definition) is 0. The van der Waals surface area contributed by atoms with Crippen LogP contribution in [0.3, 0.4) is 0 Å². The maximum atomic E-state index is 5.74. The minimum absolute atomic E-state index is 0.509. The molecule has 0 unspecified atom stereocenters. The Hall–Kier alpha value is -1.87. The third-order valence-electron chi connectivity index (χ3n) is 4.14. The molecule has 0 spiro atoms. The molecule has 1 saturated heterocycles. The number of piperidine rings is 1. The molecule has 1 atom stereocenters. The smallest absolute Gasteiger partial charge is 0.213 e. The largest absolute Gasteiger partial charge is 0.473 e. The molecule has 0 amide bonds. The molecule has 3 heteroatoms. The van der Waals surface area contributed by atoms with Gasteiger partial charge in [-0.1, -0.05) is 42.8 Å². The van der Waals surface area contributed by atoms with Crippen LogP contribution in [0, 0.1) is 0 Å². The zero-order valence-corrected chi connectivity index (χ0v) is 12.5. The Kier molecular flexibility index (Phi) is 4.51. The van der Waals surface area contributed by atoms with E-state index in [0.29, 0.717) is 18.5 Å². The minimum Gasteiger partial charge on any atom is -0.473 e. The second kappa shape index (κ2) is 6.72. The Morgan fingerprint density at radius 1 is 1.14 bits per heavy atom. The van der Waals surface area contributed by atoms with Gasteiger partial charge in [-0.25, -0.2) is 4.98 Å². The molecule has 21 heavy (non-hydrogen) atoms. The minimum atomic E-state index is 0.509. The number of rotatable bonds is 4. The van der Waals surface area contributed by atoms with Gasteiger partial charge >= 0.3 is 0 Å². The van der Waals surface area contributed by atoms with E-state index in [9.17, 15) is 0 Å². The molecule has 1 aromatic carbocycles. The Labute approximate surface area is 126 Å². The molecule has 0 N–H and O–H groups in total. The monoisotopic (exact) mass is 282 g/mol. The van der Waals surface area contributed by atoms with Gasteiger partial charge in [0.25, 0.3) is 0 Å². The van der Waals surface area contributed by atoms with Crippen LogP contribution in [0.1, 0.15) is 36.4 Å². The molecule has 1 aliphatic rings. The van der Waals surface area contributed by atoms with Crippen molar-refractivity contribution in [3.63, 3.8) is 0 Å². The Morgan fingerprint density at radius 2 is 2.00 bits per heavy atom. The summed E-state index contributed by atoms with van der Waals surface area (Å²) in [5.41, 5.74) is 2.46. The lowest BCUT2D eigenvalue weighted by molar-refractivity contribution is 0.187. The zero-order chi connectivity index (χ0) is 14.5. The second-order valence-corrected chi connectivity index (χ2v) is 5.70. The van der Waals surface area contributed by atoms with Crippen molar-refractivity contribution in [1.82, 2.24) is 9.88 Å². The highest BCUT2D eigenvalue weighted by Gasteiger charge is 2.20. The predicted octanol–water partition coefficient (Wildman–Crippen LogP) is 3.82. The second-order valence-electron chi connectivity index (χ2n) is 5.70. The number of benzene rings is 1. The SMILES string of the molecule is CN1CCCC[C@H]1c1ccc(OCc2ccccc2)nc1. The molecule has 3 rings (SSSR count). The third kappa shape index (κ3) is 3.61. The molecule has 0 radical (unpaired) electrons. The summed E-state index contributed by atoms with van der Waals surface area (Å²) in [4.78, 5) is 6.88. The van der Waals surface area contributed by atoms with E-state index >= 15 is 0 Å². The molecule has 0 bridgehead atoms. The van der Waals surface area contributed by atoms with Crippen LogP contribution < -0.4 is 4.74 Å². The van der Waals surface area contributed by atoms with Crippen molar-refractivity contribution in [3.05, 3.63) is 59.8 Å². The molecular weight excluding hydrogens is 260 g/mol. The first-order valence-corrected chi connectivity index (χ1v) is 7.66. The van der Waals surface area contributed by atoms with Gasteiger partial charge in [-0.2, -0.15) is 0 Å². The van der Waals surface area contributed by atoms with Crippen molar-refractivity contribution in [3.8, 4) is 5.88 Å². The summed E-state index contributed by atoms with van der Waals surface area (Å²) in [6, 6.07) is 14.8. The van der Waals surface area contributed by atoms with Gasteiger partial charge in [0.05, 0.1) is 0 Å². The average molecular weight is 282 g/mol. The molecular formula is C18H22N2O. The van der Waals surface area contributed by atoms with E-state index in [1.165, 1.54) is 31.4 Å². The topological polar surface area (TPSA) is 25.4 Å². The molecule has 0 saturated carbocycles. The van der Waals surface area contributed by atoms with Gasteiger partial charge in [-0.3, -0.25) is 4.90 Å². The van der Waals surface area contributed by atoms with Crippen LogP contribution in [-0.2, 0) is 6.61 Å². The van der Waals surface area contributed by atoms with Crippen LogP contribution in [0.25, 0.3) is 0 Å². The summed E-state index contributed by atoms with van der Waals surface area (Å²) in [6.07, 6.45) is 5.80. The van der Waals surface area contributed by atoms with Gasteiger partial charge in [-0.15, -0.1) is 0 Å². The highest BCUT2D eigenvalue weighted by molar-refractivity contribution is 5.22. The van der Waals surface area contributed by atoms with Crippen LogP contribution in [0.2, 0.25) is 0 Å². The number of nitrogens with zero attached hydrogens (tertiary/aromatic N) is 2.